The van der Waals surface area contributed by atoms with E-state index in [0.717, 1.165) is 24.8 Å². The Labute approximate surface area is 167 Å². The number of carbonyl (C=O) groups excluding carboxylic acids is 3. The lowest BCUT2D eigenvalue weighted by Gasteiger charge is -2.38. The summed E-state index contributed by atoms with van der Waals surface area (Å²) in [7, 11) is 1.32. The van der Waals surface area contributed by atoms with E-state index in [4.69, 9.17) is 13.9 Å². The van der Waals surface area contributed by atoms with Crippen molar-refractivity contribution in [1.82, 2.24) is 0 Å². The van der Waals surface area contributed by atoms with Gasteiger partial charge in [0, 0.05) is 24.5 Å². The molecule has 1 saturated heterocycles. The third-order valence-electron chi connectivity index (χ3n) is 5.12. The molecule has 2 heterocycles. The molecular weight excluding hydrogens is 376 g/mol. The van der Waals surface area contributed by atoms with Crippen LogP contribution in [0.5, 0.6) is 0 Å². The predicted molar refractivity (Wildman–Crippen MR) is 101 cm³/mol. The third kappa shape index (κ3) is 3.81. The van der Waals surface area contributed by atoms with E-state index in [1.807, 2.05) is 0 Å². The van der Waals surface area contributed by atoms with Crippen molar-refractivity contribution in [2.45, 2.75) is 37.9 Å². The number of furan rings is 1. The highest BCUT2D eigenvalue weighted by molar-refractivity contribution is 6.18. The number of benzene rings is 1. The summed E-state index contributed by atoms with van der Waals surface area (Å²) in [5.74, 6) is -2.08. The Kier molecular flexibility index (Phi) is 4.96. The summed E-state index contributed by atoms with van der Waals surface area (Å²) in [6.07, 6.45) is 5.14. The number of hydrogen-bond donors (Lipinski definition) is 0. The number of esters is 3. The Balaban J connectivity index is 1.52. The maximum absolute atomic E-state index is 12.4. The fourth-order valence-corrected chi connectivity index (χ4v) is 3.58. The molecule has 150 valence electrons. The van der Waals surface area contributed by atoms with E-state index in [-0.39, 0.29) is 5.57 Å². The number of carbonyl (C=O) groups is 3. The SMILES string of the molecule is COC(=O)c1ccc(-c2ccc(C=C3C(=O)OC4(CCCCC4)OC3=O)o2)cc1. The van der Waals surface area contributed by atoms with Gasteiger partial charge in [-0.1, -0.05) is 18.6 Å². The minimum absolute atomic E-state index is 0.192. The fourth-order valence-electron chi connectivity index (χ4n) is 3.58. The Bertz CT molecular complexity index is 953. The zero-order valence-corrected chi connectivity index (χ0v) is 15.9. The normalized spacial score (nSPS) is 18.2. The lowest BCUT2D eigenvalue weighted by Crippen LogP contribution is -2.47. The molecule has 0 bridgehead atoms. The Morgan fingerprint density at radius 1 is 0.966 bits per heavy atom. The van der Waals surface area contributed by atoms with Crippen LogP contribution in [0.3, 0.4) is 0 Å². The zero-order valence-electron chi connectivity index (χ0n) is 15.9. The summed E-state index contributed by atoms with van der Waals surface area (Å²) < 4.78 is 21.3. The first kappa shape index (κ1) is 19.0. The topological polar surface area (TPSA) is 92.0 Å². The van der Waals surface area contributed by atoms with Gasteiger partial charge in [0.25, 0.3) is 5.79 Å². The molecule has 1 spiro atoms. The van der Waals surface area contributed by atoms with Crippen molar-refractivity contribution in [3.8, 4) is 11.3 Å². The van der Waals surface area contributed by atoms with Crippen molar-refractivity contribution < 1.29 is 33.0 Å². The predicted octanol–water partition coefficient (Wildman–Crippen LogP) is 3.88. The molecule has 0 unspecified atom stereocenters. The van der Waals surface area contributed by atoms with Gasteiger partial charge in [-0.25, -0.2) is 14.4 Å². The van der Waals surface area contributed by atoms with Gasteiger partial charge in [0.15, 0.2) is 0 Å². The molecule has 1 aliphatic heterocycles. The van der Waals surface area contributed by atoms with Gasteiger partial charge in [0.2, 0.25) is 0 Å². The van der Waals surface area contributed by atoms with E-state index in [1.165, 1.54) is 13.2 Å². The van der Waals surface area contributed by atoms with Crippen LogP contribution in [0.4, 0.5) is 0 Å². The monoisotopic (exact) mass is 396 g/mol. The molecule has 0 amide bonds. The molecule has 1 saturated carbocycles. The highest BCUT2D eigenvalue weighted by atomic mass is 16.7. The van der Waals surface area contributed by atoms with Gasteiger partial charge in [0.1, 0.15) is 17.1 Å². The van der Waals surface area contributed by atoms with Gasteiger partial charge in [-0.05, 0) is 37.1 Å². The van der Waals surface area contributed by atoms with Crippen molar-refractivity contribution in [2.75, 3.05) is 7.11 Å². The number of rotatable bonds is 3. The molecule has 4 rings (SSSR count). The first-order chi connectivity index (χ1) is 14.0. The Hall–Kier alpha value is -3.35. The van der Waals surface area contributed by atoms with E-state index < -0.39 is 23.7 Å². The second-order valence-corrected chi connectivity index (χ2v) is 7.08. The lowest BCUT2D eigenvalue weighted by atomic mass is 9.93. The second-order valence-electron chi connectivity index (χ2n) is 7.08. The van der Waals surface area contributed by atoms with Crippen molar-refractivity contribution in [3.05, 3.63) is 53.3 Å². The standard InChI is InChI=1S/C22H20O7/c1-26-19(23)15-7-5-14(6-8-15)18-10-9-16(27-18)13-17-20(24)28-22(29-21(17)25)11-3-2-4-12-22/h5-10,13H,2-4,11-12H2,1H3. The van der Waals surface area contributed by atoms with Gasteiger partial charge in [-0.2, -0.15) is 0 Å². The second kappa shape index (κ2) is 7.58. The van der Waals surface area contributed by atoms with Gasteiger partial charge < -0.3 is 18.6 Å². The summed E-state index contributed by atoms with van der Waals surface area (Å²) in [5.41, 5.74) is 0.967. The van der Waals surface area contributed by atoms with E-state index in [0.29, 0.717) is 29.9 Å². The summed E-state index contributed by atoms with van der Waals surface area (Å²) in [6.45, 7) is 0. The molecule has 7 nitrogen and oxygen atoms in total. The summed E-state index contributed by atoms with van der Waals surface area (Å²) in [6, 6.07) is 10.0. The molecule has 2 aromatic rings. The lowest BCUT2D eigenvalue weighted by molar-refractivity contribution is -0.244. The average Bonchev–Trinajstić information content (AvgIpc) is 3.19. The van der Waals surface area contributed by atoms with E-state index in [9.17, 15) is 14.4 Å². The van der Waals surface area contributed by atoms with Crippen LogP contribution in [-0.2, 0) is 23.8 Å². The van der Waals surface area contributed by atoms with Crippen LogP contribution in [-0.4, -0.2) is 30.8 Å². The van der Waals surface area contributed by atoms with Crippen LogP contribution < -0.4 is 0 Å². The number of ether oxygens (including phenoxy) is 3. The van der Waals surface area contributed by atoms with Crippen LogP contribution in [0, 0.1) is 0 Å². The maximum atomic E-state index is 12.4. The molecule has 1 aromatic heterocycles. The number of methoxy groups -OCH3 is 1. The van der Waals surface area contributed by atoms with Gasteiger partial charge in [-0.3, -0.25) is 0 Å². The van der Waals surface area contributed by atoms with Crippen LogP contribution >= 0.6 is 0 Å². The summed E-state index contributed by atoms with van der Waals surface area (Å²) in [5, 5.41) is 0. The molecule has 7 heteroatoms. The number of hydrogen-bond acceptors (Lipinski definition) is 7. The maximum Gasteiger partial charge on any atom is 0.349 e. The molecule has 0 radical (unpaired) electrons. The third-order valence-corrected chi connectivity index (χ3v) is 5.12. The van der Waals surface area contributed by atoms with Gasteiger partial charge >= 0.3 is 17.9 Å². The minimum Gasteiger partial charge on any atom is -0.465 e. The average molecular weight is 396 g/mol. The molecule has 0 N–H and O–H groups in total. The Morgan fingerprint density at radius 3 is 2.24 bits per heavy atom. The summed E-state index contributed by atoms with van der Waals surface area (Å²) in [4.78, 5) is 36.3. The van der Waals surface area contributed by atoms with Crippen LogP contribution in [0.25, 0.3) is 17.4 Å². The van der Waals surface area contributed by atoms with E-state index in [2.05, 4.69) is 4.74 Å². The van der Waals surface area contributed by atoms with E-state index in [1.54, 1.807) is 36.4 Å². The minimum atomic E-state index is -1.11. The van der Waals surface area contributed by atoms with Crippen LogP contribution in [0.1, 0.15) is 48.2 Å². The first-order valence-electron chi connectivity index (χ1n) is 9.47. The molecule has 29 heavy (non-hydrogen) atoms. The van der Waals surface area contributed by atoms with Crippen molar-refractivity contribution in [1.29, 1.82) is 0 Å². The van der Waals surface area contributed by atoms with Crippen molar-refractivity contribution in [3.63, 3.8) is 0 Å². The quantitative estimate of drug-likeness (QED) is 0.442. The molecule has 2 fully saturated rings. The highest BCUT2D eigenvalue weighted by Gasteiger charge is 2.46. The largest absolute Gasteiger partial charge is 0.465 e. The van der Waals surface area contributed by atoms with Crippen molar-refractivity contribution in [2.24, 2.45) is 0 Å². The zero-order chi connectivity index (χ0) is 20.4. The molecular formula is C22H20O7. The first-order valence-corrected chi connectivity index (χ1v) is 9.47. The van der Waals surface area contributed by atoms with Crippen LogP contribution in [0.2, 0.25) is 0 Å². The van der Waals surface area contributed by atoms with E-state index >= 15 is 0 Å². The fraction of sp³-hybridized carbons (Fsp3) is 0.318. The molecule has 0 atom stereocenters. The van der Waals surface area contributed by atoms with Gasteiger partial charge in [-0.15, -0.1) is 0 Å². The molecule has 1 aromatic carbocycles. The van der Waals surface area contributed by atoms with Gasteiger partial charge in [0.05, 0.1) is 12.7 Å². The Morgan fingerprint density at radius 2 is 1.62 bits per heavy atom. The highest BCUT2D eigenvalue weighted by Crippen LogP contribution is 2.37. The summed E-state index contributed by atoms with van der Waals surface area (Å²) >= 11 is 0. The van der Waals surface area contributed by atoms with Crippen LogP contribution in [0.15, 0.2) is 46.4 Å². The molecule has 2 aliphatic rings. The molecule has 1 aliphatic carbocycles. The van der Waals surface area contributed by atoms with Crippen molar-refractivity contribution >= 4 is 24.0 Å². The smallest absolute Gasteiger partial charge is 0.349 e.